The molecule has 208 valence electrons. The van der Waals surface area contributed by atoms with E-state index in [1.54, 1.807) is 60.9 Å². The molecule has 2 aromatic heterocycles. The molecular formula is C30H28F2N2O4S2. The van der Waals surface area contributed by atoms with Crippen molar-refractivity contribution in [2.24, 2.45) is 0 Å². The van der Waals surface area contributed by atoms with Gasteiger partial charge in [0.1, 0.15) is 21.7 Å². The number of aryl methyl sites for hydroxylation is 2. The van der Waals surface area contributed by atoms with Crippen molar-refractivity contribution >= 4 is 35.5 Å². The van der Waals surface area contributed by atoms with E-state index in [9.17, 15) is 18.4 Å². The van der Waals surface area contributed by atoms with Crippen molar-refractivity contribution in [1.82, 2.24) is 9.97 Å². The van der Waals surface area contributed by atoms with Crippen molar-refractivity contribution in [3.8, 4) is 0 Å². The number of benzene rings is 2. The summed E-state index contributed by atoms with van der Waals surface area (Å²) in [6.45, 7) is 0. The number of hydrogen-bond donors (Lipinski definition) is 2. The summed E-state index contributed by atoms with van der Waals surface area (Å²) in [6, 6.07) is 19.2. The number of pyridine rings is 2. The molecule has 40 heavy (non-hydrogen) atoms. The molecule has 6 nitrogen and oxygen atoms in total. The van der Waals surface area contributed by atoms with Gasteiger partial charge in [0.25, 0.3) is 0 Å². The molecule has 4 aromatic rings. The van der Waals surface area contributed by atoms with E-state index in [0.29, 0.717) is 10.1 Å². The average Bonchev–Trinajstić information content (AvgIpc) is 2.96. The first-order valence-corrected chi connectivity index (χ1v) is 14.4. The van der Waals surface area contributed by atoms with Crippen LogP contribution in [-0.2, 0) is 12.8 Å². The summed E-state index contributed by atoms with van der Waals surface area (Å²) in [4.78, 5) is 30.2. The molecule has 4 rings (SSSR count). The molecule has 0 unspecified atom stereocenters. The maximum atomic E-state index is 12.7. The monoisotopic (exact) mass is 582 g/mol. The number of halogens is 2. The Morgan fingerprint density at radius 3 is 1.35 bits per heavy atom. The third-order valence-electron chi connectivity index (χ3n) is 5.53. The lowest BCUT2D eigenvalue weighted by Crippen LogP contribution is -2.00. The van der Waals surface area contributed by atoms with Gasteiger partial charge in [0.2, 0.25) is 0 Å². The number of carbonyl (C=O) groups is 2. The van der Waals surface area contributed by atoms with Crippen molar-refractivity contribution in [3.05, 3.63) is 119 Å². The van der Waals surface area contributed by atoms with Crippen molar-refractivity contribution < 1.29 is 28.6 Å². The first-order chi connectivity index (χ1) is 19.3. The van der Waals surface area contributed by atoms with Crippen LogP contribution in [0.4, 0.5) is 8.78 Å². The molecule has 2 aromatic carbocycles. The van der Waals surface area contributed by atoms with Gasteiger partial charge in [0.15, 0.2) is 0 Å². The molecule has 0 spiro atoms. The molecule has 2 N–H and O–H groups in total. The molecule has 0 aliphatic heterocycles. The van der Waals surface area contributed by atoms with Crippen LogP contribution >= 0.6 is 23.5 Å². The minimum atomic E-state index is -0.959. The zero-order valence-corrected chi connectivity index (χ0v) is 23.1. The van der Waals surface area contributed by atoms with Gasteiger partial charge in [0.05, 0.1) is 11.1 Å². The van der Waals surface area contributed by atoms with E-state index in [1.807, 2.05) is 0 Å². The minimum absolute atomic E-state index is 0.234. The first-order valence-electron chi connectivity index (χ1n) is 12.4. The molecule has 0 aliphatic rings. The van der Waals surface area contributed by atoms with Gasteiger partial charge in [-0.05, 0) is 96.8 Å². The normalized spacial score (nSPS) is 10.4. The fourth-order valence-corrected chi connectivity index (χ4v) is 5.39. The Labute approximate surface area is 239 Å². The summed E-state index contributed by atoms with van der Waals surface area (Å²) < 4.78 is 25.5. The van der Waals surface area contributed by atoms with Gasteiger partial charge >= 0.3 is 11.9 Å². The van der Waals surface area contributed by atoms with Crippen LogP contribution < -0.4 is 0 Å². The van der Waals surface area contributed by atoms with Crippen molar-refractivity contribution in [2.75, 3.05) is 11.5 Å². The van der Waals surface area contributed by atoms with E-state index in [2.05, 4.69) is 9.97 Å². The number of aromatic carboxylic acids is 2. The molecule has 0 saturated heterocycles. The Bertz CT molecular complexity index is 1280. The lowest BCUT2D eigenvalue weighted by Gasteiger charge is -2.04. The number of hydrogen-bond acceptors (Lipinski definition) is 6. The number of aromatic nitrogens is 2. The second-order valence-corrected chi connectivity index (χ2v) is 10.6. The fraction of sp³-hybridized carbons (Fsp3) is 0.200. The Hall–Kier alpha value is -3.76. The van der Waals surface area contributed by atoms with E-state index >= 15 is 0 Å². The van der Waals surface area contributed by atoms with E-state index in [-0.39, 0.29) is 22.8 Å². The van der Waals surface area contributed by atoms with Gasteiger partial charge in [0, 0.05) is 12.4 Å². The maximum absolute atomic E-state index is 12.7. The quantitative estimate of drug-likeness (QED) is 0.133. The molecule has 0 atom stereocenters. The second kappa shape index (κ2) is 16.4. The van der Waals surface area contributed by atoms with Gasteiger partial charge in [-0.25, -0.2) is 28.3 Å². The highest BCUT2D eigenvalue weighted by atomic mass is 32.2. The summed E-state index contributed by atoms with van der Waals surface area (Å²) >= 11 is 2.86. The first kappa shape index (κ1) is 30.8. The third-order valence-corrected chi connectivity index (χ3v) is 7.71. The summed E-state index contributed by atoms with van der Waals surface area (Å²) in [5.41, 5.74) is 2.62. The van der Waals surface area contributed by atoms with Gasteiger partial charge in [-0.1, -0.05) is 24.3 Å². The predicted octanol–water partition coefficient (Wildman–Crippen LogP) is 7.29. The van der Waals surface area contributed by atoms with Crippen LogP contribution in [0.5, 0.6) is 0 Å². The van der Waals surface area contributed by atoms with Crippen LogP contribution in [0, 0.1) is 11.6 Å². The molecule has 0 amide bonds. The molecule has 0 saturated carbocycles. The molecule has 0 fully saturated rings. The molecule has 0 radical (unpaired) electrons. The average molecular weight is 583 g/mol. The molecule has 0 bridgehead atoms. The number of thioether (sulfide) groups is 2. The smallest absolute Gasteiger partial charge is 0.338 e. The van der Waals surface area contributed by atoms with E-state index in [1.165, 1.54) is 47.8 Å². The van der Waals surface area contributed by atoms with Crippen LogP contribution in [0.3, 0.4) is 0 Å². The summed E-state index contributed by atoms with van der Waals surface area (Å²) in [5.74, 6) is -0.840. The molecular weight excluding hydrogens is 554 g/mol. The highest BCUT2D eigenvalue weighted by Gasteiger charge is 2.11. The summed E-state index contributed by atoms with van der Waals surface area (Å²) in [7, 11) is 0. The Kier molecular flexibility index (Phi) is 12.6. The molecule has 10 heteroatoms. The maximum Gasteiger partial charge on any atom is 0.338 e. The Morgan fingerprint density at radius 1 is 0.625 bits per heavy atom. The third kappa shape index (κ3) is 10.4. The molecule has 0 aliphatic carbocycles. The fourth-order valence-electron chi connectivity index (χ4n) is 3.53. The topological polar surface area (TPSA) is 100 Å². The summed E-state index contributed by atoms with van der Waals surface area (Å²) in [5, 5.41) is 19.2. The van der Waals surface area contributed by atoms with Crippen LogP contribution in [0.25, 0.3) is 0 Å². The van der Waals surface area contributed by atoms with Crippen LogP contribution in [0.15, 0.2) is 95.2 Å². The largest absolute Gasteiger partial charge is 0.478 e. The zero-order valence-electron chi connectivity index (χ0n) is 21.5. The van der Waals surface area contributed by atoms with Crippen molar-refractivity contribution in [2.45, 2.75) is 35.7 Å². The zero-order chi connectivity index (χ0) is 28.7. The second-order valence-electron chi connectivity index (χ2n) is 8.48. The van der Waals surface area contributed by atoms with E-state index < -0.39 is 11.9 Å². The lowest BCUT2D eigenvalue weighted by molar-refractivity contribution is 0.0681. The predicted molar refractivity (Wildman–Crippen MR) is 153 cm³/mol. The highest BCUT2D eigenvalue weighted by molar-refractivity contribution is 7.99. The molecule has 2 heterocycles. The van der Waals surface area contributed by atoms with Crippen molar-refractivity contribution in [3.63, 3.8) is 0 Å². The number of rotatable bonds is 12. The number of carboxylic acid groups (broad SMARTS) is 2. The Balaban J connectivity index is 0.000000220. The summed E-state index contributed by atoms with van der Waals surface area (Å²) in [6.07, 6.45) is 6.62. The van der Waals surface area contributed by atoms with Crippen LogP contribution in [0.1, 0.15) is 44.7 Å². The van der Waals surface area contributed by atoms with Gasteiger partial charge in [-0.15, -0.1) is 23.5 Å². The number of carboxylic acids is 2. The van der Waals surface area contributed by atoms with Gasteiger partial charge in [-0.3, -0.25) is 0 Å². The van der Waals surface area contributed by atoms with E-state index in [4.69, 9.17) is 10.2 Å². The van der Waals surface area contributed by atoms with Gasteiger partial charge in [-0.2, -0.15) is 0 Å². The lowest BCUT2D eigenvalue weighted by atomic mass is 10.1. The minimum Gasteiger partial charge on any atom is -0.478 e. The standard InChI is InChI=1S/2C15H14FNO2S/c2*16-12-7-5-11(6-8-12)3-2-10-20-14-13(15(18)19)4-1-9-17-14/h2*1,4-9H,2-3,10H2,(H,18,19). The van der Waals surface area contributed by atoms with Crippen molar-refractivity contribution in [1.29, 1.82) is 0 Å². The SMILES string of the molecule is O=C(O)c1cccnc1SCCCc1ccc(F)cc1.O=C(O)c1cccnc1SCCCc1ccc(F)cc1. The Morgan fingerprint density at radius 2 is 1.00 bits per heavy atom. The van der Waals surface area contributed by atoms with Crippen LogP contribution in [-0.4, -0.2) is 43.6 Å². The van der Waals surface area contributed by atoms with E-state index in [0.717, 1.165) is 48.3 Å². The van der Waals surface area contributed by atoms with Crippen LogP contribution in [0.2, 0.25) is 0 Å². The van der Waals surface area contributed by atoms with Gasteiger partial charge < -0.3 is 10.2 Å². The highest BCUT2D eigenvalue weighted by Crippen LogP contribution is 2.22. The number of nitrogens with zero attached hydrogens (tertiary/aromatic N) is 2.